The zero-order chi connectivity index (χ0) is 14.7. The summed E-state index contributed by atoms with van der Waals surface area (Å²) < 4.78 is 17.7. The first-order valence-electron chi connectivity index (χ1n) is 7.09. The van der Waals surface area contributed by atoms with E-state index in [0.717, 1.165) is 19.3 Å². The largest absolute Gasteiger partial charge is 0.320 e. The van der Waals surface area contributed by atoms with Gasteiger partial charge in [-0.1, -0.05) is 42.3 Å². The van der Waals surface area contributed by atoms with Crippen LogP contribution in [0.25, 0.3) is 0 Å². The molecule has 0 aliphatic carbocycles. The quantitative estimate of drug-likeness (QED) is 0.296. The van der Waals surface area contributed by atoms with Crippen LogP contribution >= 0.6 is 7.37 Å². The van der Waals surface area contributed by atoms with Crippen LogP contribution in [-0.2, 0) is 15.5 Å². The van der Waals surface area contributed by atoms with Crippen LogP contribution in [0.4, 0.5) is 0 Å². The van der Waals surface area contributed by atoms with Gasteiger partial charge in [0.2, 0.25) is 0 Å². The highest BCUT2D eigenvalue weighted by molar-refractivity contribution is 7.64. The molecule has 1 aromatic rings. The lowest BCUT2D eigenvalue weighted by Gasteiger charge is -2.09. The van der Waals surface area contributed by atoms with Crippen LogP contribution in [0.1, 0.15) is 31.7 Å². The molecule has 0 aliphatic rings. The van der Waals surface area contributed by atoms with E-state index in [1.54, 1.807) is 6.08 Å². The van der Waals surface area contributed by atoms with Crippen molar-refractivity contribution in [3.63, 3.8) is 0 Å². The Labute approximate surface area is 122 Å². The second-order valence-electron chi connectivity index (χ2n) is 4.52. The van der Waals surface area contributed by atoms with Gasteiger partial charge in [-0.25, -0.2) is 0 Å². The molecule has 1 rings (SSSR count). The van der Waals surface area contributed by atoms with Crippen molar-refractivity contribution in [3.05, 3.63) is 48.6 Å². The van der Waals surface area contributed by atoms with Crippen molar-refractivity contribution >= 4 is 7.37 Å². The van der Waals surface area contributed by atoms with Gasteiger partial charge < -0.3 is 4.52 Å². The lowest BCUT2D eigenvalue weighted by atomic mass is 10.1. The summed E-state index contributed by atoms with van der Waals surface area (Å²) in [4.78, 5) is 0. The SMILES string of the molecule is C=CCCP(=O)(C#CCCCc1ccccc1)OCC. The molecular formula is C17H23O2P. The van der Waals surface area contributed by atoms with E-state index in [1.165, 1.54) is 5.56 Å². The molecule has 0 bridgehead atoms. The van der Waals surface area contributed by atoms with E-state index < -0.39 is 7.37 Å². The van der Waals surface area contributed by atoms with Crippen molar-refractivity contribution in [1.29, 1.82) is 0 Å². The van der Waals surface area contributed by atoms with Crippen LogP contribution in [0.3, 0.4) is 0 Å². The van der Waals surface area contributed by atoms with E-state index in [4.69, 9.17) is 4.52 Å². The molecular weight excluding hydrogens is 267 g/mol. The van der Waals surface area contributed by atoms with Gasteiger partial charge in [0, 0.05) is 12.6 Å². The molecule has 20 heavy (non-hydrogen) atoms. The van der Waals surface area contributed by atoms with Crippen LogP contribution < -0.4 is 0 Å². The maximum absolute atomic E-state index is 12.4. The molecule has 0 N–H and O–H groups in total. The average Bonchev–Trinajstić information content (AvgIpc) is 2.46. The average molecular weight is 290 g/mol. The zero-order valence-electron chi connectivity index (χ0n) is 12.2. The van der Waals surface area contributed by atoms with Gasteiger partial charge >= 0.3 is 0 Å². The third-order valence-electron chi connectivity index (χ3n) is 2.82. The van der Waals surface area contributed by atoms with E-state index in [-0.39, 0.29) is 0 Å². The second-order valence-corrected chi connectivity index (χ2v) is 6.80. The van der Waals surface area contributed by atoms with Gasteiger partial charge in [0.15, 0.2) is 0 Å². The summed E-state index contributed by atoms with van der Waals surface area (Å²) >= 11 is 0. The molecule has 0 aliphatic heterocycles. The minimum atomic E-state index is -2.78. The van der Waals surface area contributed by atoms with E-state index in [1.807, 2.05) is 25.1 Å². The second kappa shape index (κ2) is 9.59. The highest BCUT2D eigenvalue weighted by atomic mass is 31.2. The third-order valence-corrected chi connectivity index (χ3v) is 4.85. The van der Waals surface area contributed by atoms with Crippen LogP contribution in [0.2, 0.25) is 0 Å². The maximum Gasteiger partial charge on any atom is 0.274 e. The highest BCUT2D eigenvalue weighted by Gasteiger charge is 2.17. The molecule has 3 heteroatoms. The highest BCUT2D eigenvalue weighted by Crippen LogP contribution is 2.46. The fourth-order valence-corrected chi connectivity index (χ4v) is 3.42. The van der Waals surface area contributed by atoms with Gasteiger partial charge in [-0.15, -0.1) is 6.58 Å². The number of hydrogen-bond acceptors (Lipinski definition) is 2. The topological polar surface area (TPSA) is 26.3 Å². The van der Waals surface area contributed by atoms with Gasteiger partial charge in [0.05, 0.1) is 6.61 Å². The number of allylic oxidation sites excluding steroid dienone is 1. The summed E-state index contributed by atoms with van der Waals surface area (Å²) in [6, 6.07) is 10.3. The van der Waals surface area contributed by atoms with Crippen LogP contribution in [-0.4, -0.2) is 12.8 Å². The number of aryl methyl sites for hydroxylation is 1. The Morgan fingerprint density at radius 1 is 1.35 bits per heavy atom. The Hall–Kier alpha value is -1.29. The van der Waals surface area contributed by atoms with Crippen molar-refractivity contribution < 1.29 is 9.09 Å². The Kier molecular flexibility index (Phi) is 8.04. The van der Waals surface area contributed by atoms with Crippen molar-refractivity contribution in [2.24, 2.45) is 0 Å². The molecule has 2 nitrogen and oxygen atoms in total. The predicted molar refractivity (Wildman–Crippen MR) is 86.1 cm³/mol. The Bertz CT molecular complexity index is 497. The summed E-state index contributed by atoms with van der Waals surface area (Å²) in [6.45, 7) is 5.92. The van der Waals surface area contributed by atoms with E-state index >= 15 is 0 Å². The first kappa shape index (κ1) is 16.8. The molecule has 0 amide bonds. The molecule has 1 atom stereocenters. The third kappa shape index (κ3) is 6.75. The maximum atomic E-state index is 12.4. The van der Waals surface area contributed by atoms with Crippen LogP contribution in [0, 0.1) is 11.6 Å². The lowest BCUT2D eigenvalue weighted by Crippen LogP contribution is -1.92. The van der Waals surface area contributed by atoms with E-state index in [9.17, 15) is 4.57 Å². The normalized spacial score (nSPS) is 13.1. The number of unbranched alkanes of at least 4 members (excludes halogenated alkanes) is 1. The lowest BCUT2D eigenvalue weighted by molar-refractivity contribution is 0.341. The summed E-state index contributed by atoms with van der Waals surface area (Å²) in [7, 11) is -2.78. The first-order valence-corrected chi connectivity index (χ1v) is 8.90. The summed E-state index contributed by atoms with van der Waals surface area (Å²) in [5, 5.41) is 0. The molecule has 108 valence electrons. The molecule has 0 aromatic heterocycles. The van der Waals surface area contributed by atoms with Gasteiger partial charge in [-0.05, 0) is 37.4 Å². The van der Waals surface area contributed by atoms with Gasteiger partial charge in [-0.3, -0.25) is 4.57 Å². The molecule has 0 heterocycles. The van der Waals surface area contributed by atoms with Crippen LogP contribution in [0.5, 0.6) is 0 Å². The van der Waals surface area contributed by atoms with Crippen molar-refractivity contribution in [2.75, 3.05) is 12.8 Å². The summed E-state index contributed by atoms with van der Waals surface area (Å²) in [5.74, 6) is 3.02. The molecule has 1 unspecified atom stereocenters. The fourth-order valence-electron chi connectivity index (χ4n) is 1.82. The van der Waals surface area contributed by atoms with Crippen molar-refractivity contribution in [3.8, 4) is 11.6 Å². The van der Waals surface area contributed by atoms with Crippen LogP contribution in [0.15, 0.2) is 43.0 Å². The molecule has 0 saturated heterocycles. The number of hydrogen-bond donors (Lipinski definition) is 0. The summed E-state index contributed by atoms with van der Waals surface area (Å²) in [5.41, 5.74) is 4.17. The van der Waals surface area contributed by atoms with Gasteiger partial charge in [0.25, 0.3) is 7.37 Å². The molecule has 1 aromatic carbocycles. The smallest absolute Gasteiger partial charge is 0.274 e. The summed E-state index contributed by atoms with van der Waals surface area (Å²) in [6.07, 6.45) is 5.63. The molecule has 0 fully saturated rings. The Balaban J connectivity index is 2.42. The molecule has 0 radical (unpaired) electrons. The first-order chi connectivity index (χ1) is 9.70. The van der Waals surface area contributed by atoms with E-state index in [0.29, 0.717) is 19.2 Å². The standard InChI is InChI=1S/C17H23O2P/c1-3-5-15-20(18,19-4-2)16-11-7-10-14-17-12-8-6-9-13-17/h3,6,8-9,12-13H,1,4-5,7,10,14-15H2,2H3. The fraction of sp³-hybridized carbons (Fsp3) is 0.412. The van der Waals surface area contributed by atoms with Crippen molar-refractivity contribution in [1.82, 2.24) is 0 Å². The minimum Gasteiger partial charge on any atom is -0.320 e. The zero-order valence-corrected chi connectivity index (χ0v) is 13.1. The minimum absolute atomic E-state index is 0.438. The van der Waals surface area contributed by atoms with Crippen molar-refractivity contribution in [2.45, 2.75) is 32.6 Å². The monoisotopic (exact) mass is 290 g/mol. The predicted octanol–water partition coefficient (Wildman–Crippen LogP) is 4.86. The number of benzene rings is 1. The van der Waals surface area contributed by atoms with Gasteiger partial charge in [-0.2, -0.15) is 0 Å². The molecule has 0 spiro atoms. The van der Waals surface area contributed by atoms with Gasteiger partial charge in [0.1, 0.15) is 0 Å². The molecule has 0 saturated carbocycles. The Morgan fingerprint density at radius 2 is 2.10 bits per heavy atom. The Morgan fingerprint density at radius 3 is 2.75 bits per heavy atom. The number of rotatable bonds is 8. The van der Waals surface area contributed by atoms with E-state index in [2.05, 4.69) is 30.3 Å².